The maximum absolute atomic E-state index is 11.6. The van der Waals surface area contributed by atoms with Crippen LogP contribution in [0.2, 0.25) is 0 Å². The number of hydrogen-bond acceptors (Lipinski definition) is 5. The molecule has 0 aliphatic carbocycles. The third-order valence-corrected chi connectivity index (χ3v) is 7.00. The van der Waals surface area contributed by atoms with Crippen molar-refractivity contribution in [2.75, 3.05) is 24.7 Å². The molecule has 0 saturated carbocycles. The fraction of sp³-hybridized carbons (Fsp3) is 0.450. The van der Waals surface area contributed by atoms with E-state index in [4.69, 9.17) is 0 Å². The van der Waals surface area contributed by atoms with E-state index in [0.29, 0.717) is 17.0 Å². The van der Waals surface area contributed by atoms with Crippen LogP contribution in [0.15, 0.2) is 47.5 Å². The van der Waals surface area contributed by atoms with E-state index in [1.807, 2.05) is 30.5 Å². The Bertz CT molecular complexity index is 868. The van der Waals surface area contributed by atoms with Crippen LogP contribution in [-0.4, -0.2) is 49.7 Å². The Kier molecular flexibility index (Phi) is 4.49. The van der Waals surface area contributed by atoms with E-state index in [1.165, 1.54) is 32.2 Å². The van der Waals surface area contributed by atoms with Crippen molar-refractivity contribution in [3.05, 3.63) is 42.6 Å². The fourth-order valence-corrected chi connectivity index (χ4v) is 4.89. The molecule has 1 aromatic heterocycles. The molecule has 3 saturated heterocycles. The summed E-state index contributed by atoms with van der Waals surface area (Å²) < 4.78 is 23.1. The van der Waals surface area contributed by atoms with E-state index in [-0.39, 0.29) is 0 Å². The molecule has 4 heterocycles. The van der Waals surface area contributed by atoms with Crippen LogP contribution in [0.25, 0.3) is 11.1 Å². The second-order valence-electron chi connectivity index (χ2n) is 7.51. The Labute approximate surface area is 155 Å². The van der Waals surface area contributed by atoms with E-state index in [2.05, 4.69) is 22.1 Å². The Hall–Kier alpha value is -1.92. The topological polar surface area (TPSA) is 62.3 Å². The van der Waals surface area contributed by atoms with E-state index < -0.39 is 9.84 Å². The number of piperidine rings is 3. The lowest BCUT2D eigenvalue weighted by Gasteiger charge is -2.50. The number of benzene rings is 1. The summed E-state index contributed by atoms with van der Waals surface area (Å²) in [5.74, 6) is 1.65. The number of rotatable bonds is 4. The summed E-state index contributed by atoms with van der Waals surface area (Å²) in [5.41, 5.74) is 1.95. The molecule has 2 unspecified atom stereocenters. The zero-order valence-electron chi connectivity index (χ0n) is 15.2. The van der Waals surface area contributed by atoms with Crippen molar-refractivity contribution in [1.82, 2.24) is 9.88 Å². The molecular formula is C20H25N3O2S. The van der Waals surface area contributed by atoms with Crippen LogP contribution in [0.4, 0.5) is 5.82 Å². The van der Waals surface area contributed by atoms with Crippen molar-refractivity contribution in [2.45, 2.75) is 36.7 Å². The van der Waals surface area contributed by atoms with Crippen molar-refractivity contribution in [2.24, 2.45) is 5.92 Å². The number of aromatic nitrogens is 1. The van der Waals surface area contributed by atoms with Crippen LogP contribution in [0.3, 0.4) is 0 Å². The highest BCUT2D eigenvalue weighted by molar-refractivity contribution is 7.90. The molecule has 5 rings (SSSR count). The average Bonchev–Trinajstić information content (AvgIpc) is 2.65. The Morgan fingerprint density at radius 2 is 1.69 bits per heavy atom. The third-order valence-electron chi connectivity index (χ3n) is 5.87. The average molecular weight is 372 g/mol. The van der Waals surface area contributed by atoms with Gasteiger partial charge in [0.2, 0.25) is 0 Å². The van der Waals surface area contributed by atoms with Gasteiger partial charge in [0, 0.05) is 30.1 Å². The highest BCUT2D eigenvalue weighted by Gasteiger charge is 2.39. The van der Waals surface area contributed by atoms with Gasteiger partial charge in [0.15, 0.2) is 9.84 Å². The van der Waals surface area contributed by atoms with E-state index in [0.717, 1.165) is 22.9 Å². The largest absolute Gasteiger partial charge is 0.365 e. The minimum atomic E-state index is -3.16. The van der Waals surface area contributed by atoms with Crippen molar-refractivity contribution in [1.29, 1.82) is 0 Å². The summed E-state index contributed by atoms with van der Waals surface area (Å²) in [7, 11) is -3.16. The van der Waals surface area contributed by atoms with Gasteiger partial charge < -0.3 is 5.32 Å². The molecule has 5 nitrogen and oxygen atoms in total. The first kappa shape index (κ1) is 17.5. The molecule has 0 radical (unpaired) electrons. The van der Waals surface area contributed by atoms with Crippen LogP contribution in [0.5, 0.6) is 0 Å². The molecule has 1 aromatic carbocycles. The van der Waals surface area contributed by atoms with Crippen molar-refractivity contribution >= 4 is 15.7 Å². The van der Waals surface area contributed by atoms with Crippen LogP contribution >= 0.6 is 0 Å². The van der Waals surface area contributed by atoms with Gasteiger partial charge in [-0.15, -0.1) is 0 Å². The highest BCUT2D eigenvalue weighted by atomic mass is 32.2. The van der Waals surface area contributed by atoms with Crippen molar-refractivity contribution in [3.63, 3.8) is 0 Å². The lowest BCUT2D eigenvalue weighted by Crippen LogP contribution is -2.59. The molecule has 2 atom stereocenters. The molecule has 26 heavy (non-hydrogen) atoms. The lowest BCUT2D eigenvalue weighted by molar-refractivity contribution is 0.0457. The monoisotopic (exact) mass is 371 g/mol. The highest BCUT2D eigenvalue weighted by Crippen LogP contribution is 2.34. The van der Waals surface area contributed by atoms with Gasteiger partial charge in [-0.3, -0.25) is 4.90 Å². The van der Waals surface area contributed by atoms with Crippen molar-refractivity contribution in [3.8, 4) is 11.1 Å². The molecule has 3 fully saturated rings. The van der Waals surface area contributed by atoms with Crippen molar-refractivity contribution < 1.29 is 8.42 Å². The minimum absolute atomic E-state index is 0.337. The van der Waals surface area contributed by atoms with Gasteiger partial charge in [0.05, 0.1) is 4.90 Å². The summed E-state index contributed by atoms with van der Waals surface area (Å²) >= 11 is 0. The molecule has 6 heteroatoms. The fourth-order valence-electron chi connectivity index (χ4n) is 4.26. The van der Waals surface area contributed by atoms with Gasteiger partial charge in [0.1, 0.15) is 5.82 Å². The van der Waals surface area contributed by atoms with E-state index >= 15 is 0 Å². The smallest absolute Gasteiger partial charge is 0.175 e. The summed E-state index contributed by atoms with van der Waals surface area (Å²) in [6.07, 6.45) is 5.61. The normalized spacial score (nSPS) is 28.1. The van der Waals surface area contributed by atoms with Crippen LogP contribution in [-0.2, 0) is 9.84 Å². The summed E-state index contributed by atoms with van der Waals surface area (Å²) in [6, 6.07) is 12.0. The quantitative estimate of drug-likeness (QED) is 0.895. The maximum atomic E-state index is 11.6. The Morgan fingerprint density at radius 3 is 2.23 bits per heavy atom. The van der Waals surface area contributed by atoms with Gasteiger partial charge in [-0.05, 0) is 68.6 Å². The molecule has 1 N–H and O–H groups in total. The molecule has 0 amide bonds. The van der Waals surface area contributed by atoms with Gasteiger partial charge in [-0.25, -0.2) is 13.4 Å². The van der Waals surface area contributed by atoms with Crippen LogP contribution in [0.1, 0.15) is 19.8 Å². The van der Waals surface area contributed by atoms with Crippen LogP contribution in [0, 0.1) is 5.92 Å². The number of nitrogens with zero attached hydrogens (tertiary/aromatic N) is 2. The number of hydrogen-bond donors (Lipinski definition) is 1. The SMILES string of the molecule is CC1C(Nc2ccc(-c3ccc(S(C)(=O)=O)cc3)cn2)C2CCN1CC2. The number of sulfone groups is 1. The van der Waals surface area contributed by atoms with E-state index in [1.54, 1.807) is 12.1 Å². The molecule has 138 valence electrons. The summed E-state index contributed by atoms with van der Waals surface area (Å²) in [6.45, 7) is 4.75. The van der Waals surface area contributed by atoms with Crippen LogP contribution < -0.4 is 5.32 Å². The molecular weight excluding hydrogens is 346 g/mol. The number of fused-ring (bicyclic) bond motifs is 3. The first-order valence-electron chi connectivity index (χ1n) is 9.19. The molecule has 2 aromatic rings. The number of pyridine rings is 1. The number of nitrogens with one attached hydrogen (secondary N) is 1. The molecule has 3 aliphatic heterocycles. The summed E-state index contributed by atoms with van der Waals surface area (Å²) in [5, 5.41) is 3.64. The van der Waals surface area contributed by atoms with E-state index in [9.17, 15) is 8.42 Å². The second-order valence-corrected chi connectivity index (χ2v) is 9.53. The second kappa shape index (κ2) is 6.67. The standard InChI is InChI=1S/C20H25N3O2S/c1-14-20(16-9-11-23(14)12-10-16)22-19-8-5-17(13-21-19)15-3-6-18(7-4-15)26(2,24)25/h3-8,13-14,16,20H,9-12H2,1-2H3,(H,21,22). The van der Waals surface area contributed by atoms with Gasteiger partial charge in [0.25, 0.3) is 0 Å². The number of anilines is 1. The minimum Gasteiger partial charge on any atom is -0.365 e. The first-order chi connectivity index (χ1) is 12.4. The predicted molar refractivity (Wildman–Crippen MR) is 104 cm³/mol. The Morgan fingerprint density at radius 1 is 1.04 bits per heavy atom. The van der Waals surface area contributed by atoms with Gasteiger partial charge in [-0.2, -0.15) is 0 Å². The molecule has 3 aliphatic rings. The zero-order valence-corrected chi connectivity index (χ0v) is 16.0. The molecule has 2 bridgehead atoms. The Balaban J connectivity index is 1.48. The van der Waals surface area contributed by atoms with Gasteiger partial charge in [-0.1, -0.05) is 12.1 Å². The third kappa shape index (κ3) is 3.35. The molecule has 0 spiro atoms. The zero-order chi connectivity index (χ0) is 18.3. The lowest BCUT2D eigenvalue weighted by atomic mass is 9.79. The van der Waals surface area contributed by atoms with Gasteiger partial charge >= 0.3 is 0 Å². The summed E-state index contributed by atoms with van der Waals surface area (Å²) in [4.78, 5) is 7.49. The maximum Gasteiger partial charge on any atom is 0.175 e. The first-order valence-corrected chi connectivity index (χ1v) is 11.1. The predicted octanol–water partition coefficient (Wildman–Crippen LogP) is 3.05.